The van der Waals surface area contributed by atoms with Crippen LogP contribution in [0, 0.1) is 6.92 Å². The molecular formula is C25H23N3O3S. The maximum absolute atomic E-state index is 13.0. The van der Waals surface area contributed by atoms with Gasteiger partial charge in [0.2, 0.25) is 10.0 Å². The number of carbonyl (C=O) groups is 1. The highest BCUT2D eigenvalue weighted by Gasteiger charge is 2.20. The van der Waals surface area contributed by atoms with Crippen LogP contribution in [0.25, 0.3) is 10.9 Å². The van der Waals surface area contributed by atoms with Gasteiger partial charge in [-0.05, 0) is 48.9 Å². The SMILES string of the molecule is Cc1ccc(S(=O)(=O)NCC(NC(=O)c2ccc3ncccc3c2)c2ccccc2)cc1. The minimum atomic E-state index is -3.72. The molecule has 1 aromatic heterocycles. The first kappa shape index (κ1) is 21.7. The molecule has 0 aliphatic rings. The van der Waals surface area contributed by atoms with Gasteiger partial charge in [0.05, 0.1) is 16.5 Å². The Morgan fingerprint density at radius 3 is 2.44 bits per heavy atom. The van der Waals surface area contributed by atoms with E-state index in [1.807, 2.05) is 49.4 Å². The molecule has 1 heterocycles. The van der Waals surface area contributed by atoms with Crippen molar-refractivity contribution in [2.24, 2.45) is 0 Å². The molecular weight excluding hydrogens is 422 g/mol. The first-order valence-electron chi connectivity index (χ1n) is 10.2. The van der Waals surface area contributed by atoms with Crippen molar-refractivity contribution in [3.63, 3.8) is 0 Å². The fourth-order valence-electron chi connectivity index (χ4n) is 3.39. The predicted molar refractivity (Wildman–Crippen MR) is 125 cm³/mol. The second-order valence-electron chi connectivity index (χ2n) is 7.51. The van der Waals surface area contributed by atoms with Crippen LogP contribution < -0.4 is 10.0 Å². The number of aromatic nitrogens is 1. The molecule has 162 valence electrons. The lowest BCUT2D eigenvalue weighted by molar-refractivity contribution is 0.0937. The number of fused-ring (bicyclic) bond motifs is 1. The third-order valence-corrected chi connectivity index (χ3v) is 6.62. The summed E-state index contributed by atoms with van der Waals surface area (Å²) >= 11 is 0. The number of nitrogens with one attached hydrogen (secondary N) is 2. The maximum Gasteiger partial charge on any atom is 0.251 e. The van der Waals surface area contributed by atoms with E-state index in [1.165, 1.54) is 0 Å². The lowest BCUT2D eigenvalue weighted by atomic mass is 10.1. The number of benzene rings is 3. The van der Waals surface area contributed by atoms with Crippen LogP contribution in [0.2, 0.25) is 0 Å². The summed E-state index contributed by atoms with van der Waals surface area (Å²) in [6.45, 7) is 1.91. The Kier molecular flexibility index (Phi) is 6.30. The summed E-state index contributed by atoms with van der Waals surface area (Å²) < 4.78 is 28.1. The molecule has 1 unspecified atom stereocenters. The summed E-state index contributed by atoms with van der Waals surface area (Å²) in [6.07, 6.45) is 1.70. The molecule has 0 fully saturated rings. The summed E-state index contributed by atoms with van der Waals surface area (Å²) in [6, 6.07) is 24.4. The van der Waals surface area contributed by atoms with Gasteiger partial charge >= 0.3 is 0 Å². The first-order chi connectivity index (χ1) is 15.4. The van der Waals surface area contributed by atoms with Crippen LogP contribution in [0.3, 0.4) is 0 Å². The van der Waals surface area contributed by atoms with E-state index < -0.39 is 16.1 Å². The van der Waals surface area contributed by atoms with Crippen molar-refractivity contribution in [3.05, 3.63) is 108 Å². The van der Waals surface area contributed by atoms with E-state index in [-0.39, 0.29) is 17.3 Å². The van der Waals surface area contributed by atoms with Crippen molar-refractivity contribution < 1.29 is 13.2 Å². The lowest BCUT2D eigenvalue weighted by Crippen LogP contribution is -2.37. The second kappa shape index (κ2) is 9.30. The molecule has 0 saturated heterocycles. The Balaban J connectivity index is 1.55. The maximum atomic E-state index is 13.0. The third-order valence-electron chi connectivity index (χ3n) is 5.18. The van der Waals surface area contributed by atoms with Gasteiger partial charge in [0.1, 0.15) is 0 Å². The Labute approximate surface area is 187 Å². The van der Waals surface area contributed by atoms with Crippen molar-refractivity contribution in [2.75, 3.05) is 6.54 Å². The number of hydrogen-bond acceptors (Lipinski definition) is 4. The average molecular weight is 446 g/mol. The highest BCUT2D eigenvalue weighted by molar-refractivity contribution is 7.89. The van der Waals surface area contributed by atoms with Crippen LogP contribution in [0.5, 0.6) is 0 Å². The van der Waals surface area contributed by atoms with Crippen LogP contribution in [0.1, 0.15) is 27.5 Å². The van der Waals surface area contributed by atoms with E-state index >= 15 is 0 Å². The number of nitrogens with zero attached hydrogens (tertiary/aromatic N) is 1. The molecule has 4 aromatic rings. The van der Waals surface area contributed by atoms with Gasteiger partial charge in [-0.1, -0.05) is 54.1 Å². The molecule has 0 radical (unpaired) electrons. The standard InChI is InChI=1S/C25H23N3O3S/c1-18-9-12-22(13-10-18)32(30,31)27-17-24(19-6-3-2-4-7-19)28-25(29)21-11-14-23-20(16-21)8-5-15-26-23/h2-16,24,27H,17H2,1H3,(H,28,29). The van der Waals surface area contributed by atoms with Gasteiger partial charge in [-0.2, -0.15) is 0 Å². The molecule has 0 aliphatic carbocycles. The number of pyridine rings is 1. The van der Waals surface area contributed by atoms with Crippen molar-refractivity contribution in [1.82, 2.24) is 15.0 Å². The fraction of sp³-hybridized carbons (Fsp3) is 0.120. The first-order valence-corrected chi connectivity index (χ1v) is 11.7. The van der Waals surface area contributed by atoms with Crippen LogP contribution in [-0.2, 0) is 10.0 Å². The molecule has 4 rings (SSSR count). The zero-order valence-corrected chi connectivity index (χ0v) is 18.3. The molecule has 0 spiro atoms. The van der Waals surface area contributed by atoms with Gasteiger partial charge in [-0.3, -0.25) is 9.78 Å². The average Bonchev–Trinajstić information content (AvgIpc) is 2.82. The molecule has 1 amide bonds. The highest BCUT2D eigenvalue weighted by Crippen LogP contribution is 2.17. The summed E-state index contributed by atoms with van der Waals surface area (Å²) in [5, 5.41) is 3.82. The molecule has 2 N–H and O–H groups in total. The molecule has 6 nitrogen and oxygen atoms in total. The smallest absolute Gasteiger partial charge is 0.251 e. The number of rotatable bonds is 7. The van der Waals surface area contributed by atoms with Gasteiger partial charge in [-0.15, -0.1) is 0 Å². The van der Waals surface area contributed by atoms with Gasteiger partial charge < -0.3 is 5.32 Å². The number of carbonyl (C=O) groups excluding carboxylic acids is 1. The Morgan fingerprint density at radius 1 is 0.938 bits per heavy atom. The minimum Gasteiger partial charge on any atom is -0.344 e. The van der Waals surface area contributed by atoms with E-state index in [0.717, 1.165) is 22.0 Å². The van der Waals surface area contributed by atoms with Gasteiger partial charge in [0, 0.05) is 23.7 Å². The van der Waals surface area contributed by atoms with Crippen LogP contribution in [-0.4, -0.2) is 25.9 Å². The molecule has 32 heavy (non-hydrogen) atoms. The molecule has 0 bridgehead atoms. The van der Waals surface area contributed by atoms with E-state index in [2.05, 4.69) is 15.0 Å². The van der Waals surface area contributed by atoms with E-state index in [4.69, 9.17) is 0 Å². The van der Waals surface area contributed by atoms with Crippen molar-refractivity contribution in [1.29, 1.82) is 0 Å². The fourth-order valence-corrected chi connectivity index (χ4v) is 4.44. The van der Waals surface area contributed by atoms with Crippen LogP contribution >= 0.6 is 0 Å². The zero-order chi connectivity index (χ0) is 22.6. The topological polar surface area (TPSA) is 88.2 Å². The molecule has 0 aliphatic heterocycles. The van der Waals surface area contributed by atoms with Crippen molar-refractivity contribution in [3.8, 4) is 0 Å². The van der Waals surface area contributed by atoms with E-state index in [9.17, 15) is 13.2 Å². The van der Waals surface area contributed by atoms with Gasteiger partial charge in [0.15, 0.2) is 0 Å². The normalized spacial score (nSPS) is 12.4. The van der Waals surface area contributed by atoms with Crippen LogP contribution in [0.4, 0.5) is 0 Å². The summed E-state index contributed by atoms with van der Waals surface area (Å²) in [5.41, 5.74) is 3.06. The number of amides is 1. The van der Waals surface area contributed by atoms with Crippen molar-refractivity contribution in [2.45, 2.75) is 17.9 Å². The quantitative estimate of drug-likeness (QED) is 0.450. The molecule has 1 atom stereocenters. The molecule has 0 saturated carbocycles. The van der Waals surface area contributed by atoms with Crippen LogP contribution in [0.15, 0.2) is 96.0 Å². The highest BCUT2D eigenvalue weighted by atomic mass is 32.2. The summed E-state index contributed by atoms with van der Waals surface area (Å²) in [5.74, 6) is -0.292. The van der Waals surface area contributed by atoms with Crippen molar-refractivity contribution >= 4 is 26.8 Å². The predicted octanol–water partition coefficient (Wildman–Crippen LogP) is 3.99. The Bertz CT molecular complexity index is 1340. The second-order valence-corrected chi connectivity index (χ2v) is 9.28. The Morgan fingerprint density at radius 2 is 1.69 bits per heavy atom. The largest absolute Gasteiger partial charge is 0.344 e. The van der Waals surface area contributed by atoms with E-state index in [0.29, 0.717) is 5.56 Å². The monoisotopic (exact) mass is 445 g/mol. The Hall–Kier alpha value is -3.55. The lowest BCUT2D eigenvalue weighted by Gasteiger charge is -2.20. The minimum absolute atomic E-state index is 0.0150. The van der Waals surface area contributed by atoms with Gasteiger partial charge in [0.25, 0.3) is 5.91 Å². The third kappa shape index (κ3) is 5.01. The zero-order valence-electron chi connectivity index (χ0n) is 17.5. The molecule has 3 aromatic carbocycles. The van der Waals surface area contributed by atoms with E-state index in [1.54, 1.807) is 48.7 Å². The number of aryl methyl sites for hydroxylation is 1. The summed E-state index contributed by atoms with van der Waals surface area (Å²) in [7, 11) is -3.72. The number of sulfonamides is 1. The van der Waals surface area contributed by atoms with Gasteiger partial charge in [-0.25, -0.2) is 13.1 Å². The molecule has 7 heteroatoms. The summed E-state index contributed by atoms with van der Waals surface area (Å²) in [4.78, 5) is 17.5. The number of hydrogen-bond donors (Lipinski definition) is 2.